The predicted molar refractivity (Wildman–Crippen MR) is 71.6 cm³/mol. The standard InChI is InChI=1S/C14H16F2N2S/c15-12-4-3-11(8-13(12)16)19-7-5-10-2-1-6-14(10,18)9-17/h3-4,8,10H,1-2,5-7,18H2. The van der Waals surface area contributed by atoms with Crippen molar-refractivity contribution in [3.05, 3.63) is 29.8 Å². The van der Waals surface area contributed by atoms with Crippen LogP contribution in [0.4, 0.5) is 8.78 Å². The first-order chi connectivity index (χ1) is 9.05. The smallest absolute Gasteiger partial charge is 0.159 e. The van der Waals surface area contributed by atoms with Gasteiger partial charge in [-0.1, -0.05) is 6.42 Å². The number of hydrogen-bond acceptors (Lipinski definition) is 3. The molecule has 1 fully saturated rings. The Hall–Kier alpha value is -1.12. The monoisotopic (exact) mass is 282 g/mol. The SMILES string of the molecule is N#CC1(N)CCCC1CCSc1ccc(F)c(F)c1. The summed E-state index contributed by atoms with van der Waals surface area (Å²) in [5.74, 6) is -0.687. The van der Waals surface area contributed by atoms with Crippen LogP contribution < -0.4 is 5.73 Å². The van der Waals surface area contributed by atoms with Crippen LogP contribution in [0.5, 0.6) is 0 Å². The van der Waals surface area contributed by atoms with Crippen LogP contribution in [0.3, 0.4) is 0 Å². The molecule has 0 aromatic heterocycles. The number of hydrogen-bond donors (Lipinski definition) is 1. The summed E-state index contributed by atoms with van der Waals surface area (Å²) in [5, 5.41) is 9.11. The Morgan fingerprint density at radius 2 is 2.21 bits per heavy atom. The van der Waals surface area contributed by atoms with Gasteiger partial charge in [0, 0.05) is 4.90 Å². The largest absolute Gasteiger partial charge is 0.313 e. The van der Waals surface area contributed by atoms with Gasteiger partial charge in [0.05, 0.1) is 6.07 Å². The number of rotatable bonds is 4. The molecule has 0 bridgehead atoms. The summed E-state index contributed by atoms with van der Waals surface area (Å²) in [6.45, 7) is 0. The maximum Gasteiger partial charge on any atom is 0.159 e. The first-order valence-corrected chi connectivity index (χ1v) is 7.32. The summed E-state index contributed by atoms with van der Waals surface area (Å²) < 4.78 is 25.8. The molecule has 102 valence electrons. The Labute approximate surface area is 116 Å². The van der Waals surface area contributed by atoms with Gasteiger partial charge >= 0.3 is 0 Å². The summed E-state index contributed by atoms with van der Waals surface area (Å²) in [4.78, 5) is 0.705. The van der Waals surface area contributed by atoms with Gasteiger partial charge in [0.2, 0.25) is 0 Å². The molecule has 1 aromatic carbocycles. The van der Waals surface area contributed by atoms with Crippen LogP contribution in [-0.4, -0.2) is 11.3 Å². The third-order valence-electron chi connectivity index (χ3n) is 3.71. The van der Waals surface area contributed by atoms with Crippen LogP contribution in [0.1, 0.15) is 25.7 Å². The van der Waals surface area contributed by atoms with Gasteiger partial charge in [0.25, 0.3) is 0 Å². The minimum absolute atomic E-state index is 0.204. The molecule has 2 rings (SSSR count). The normalized spacial score (nSPS) is 26.3. The molecule has 0 spiro atoms. The molecule has 2 atom stereocenters. The zero-order chi connectivity index (χ0) is 13.9. The molecule has 1 aliphatic carbocycles. The molecule has 2 N–H and O–H groups in total. The molecule has 19 heavy (non-hydrogen) atoms. The Balaban J connectivity index is 1.87. The first-order valence-electron chi connectivity index (χ1n) is 6.33. The van der Waals surface area contributed by atoms with Gasteiger partial charge < -0.3 is 5.73 Å². The molecule has 1 aromatic rings. The van der Waals surface area contributed by atoms with E-state index in [1.807, 2.05) is 0 Å². The third kappa shape index (κ3) is 3.26. The zero-order valence-corrected chi connectivity index (χ0v) is 11.4. The number of halogens is 2. The predicted octanol–water partition coefficient (Wildman–Crippen LogP) is 3.47. The topological polar surface area (TPSA) is 49.8 Å². The van der Waals surface area contributed by atoms with Crippen molar-refractivity contribution in [1.29, 1.82) is 5.26 Å². The van der Waals surface area contributed by atoms with Crippen molar-refractivity contribution in [2.24, 2.45) is 11.7 Å². The van der Waals surface area contributed by atoms with Gasteiger partial charge in [0.15, 0.2) is 11.6 Å². The van der Waals surface area contributed by atoms with Crippen molar-refractivity contribution in [2.75, 3.05) is 5.75 Å². The van der Waals surface area contributed by atoms with Gasteiger partial charge in [-0.25, -0.2) is 8.78 Å². The lowest BCUT2D eigenvalue weighted by atomic mass is 9.88. The maximum atomic E-state index is 13.0. The summed E-state index contributed by atoms with van der Waals surface area (Å²) >= 11 is 1.47. The highest BCUT2D eigenvalue weighted by atomic mass is 32.2. The van der Waals surface area contributed by atoms with Crippen LogP contribution in [0.15, 0.2) is 23.1 Å². The average molecular weight is 282 g/mol. The van der Waals surface area contributed by atoms with Gasteiger partial charge in [-0.05, 0) is 49.1 Å². The van der Waals surface area contributed by atoms with Gasteiger partial charge in [0.1, 0.15) is 5.54 Å². The fourth-order valence-corrected chi connectivity index (χ4v) is 3.53. The molecule has 1 aliphatic rings. The first kappa shape index (κ1) is 14.3. The van der Waals surface area contributed by atoms with Crippen LogP contribution in [0.2, 0.25) is 0 Å². The fraction of sp³-hybridized carbons (Fsp3) is 0.500. The summed E-state index contributed by atoms with van der Waals surface area (Å²) in [6, 6.07) is 6.12. The number of nitrogens with two attached hydrogens (primary N) is 1. The van der Waals surface area contributed by atoms with Crippen molar-refractivity contribution in [3.8, 4) is 6.07 Å². The summed E-state index contributed by atoms with van der Waals surface area (Å²) in [6.07, 6.45) is 3.55. The van der Waals surface area contributed by atoms with E-state index in [2.05, 4.69) is 6.07 Å². The Kier molecular flexibility index (Phi) is 4.43. The Bertz CT molecular complexity index is 501. The number of thioether (sulfide) groups is 1. The molecule has 0 amide bonds. The Morgan fingerprint density at radius 3 is 2.89 bits per heavy atom. The van der Waals surface area contributed by atoms with E-state index in [9.17, 15) is 8.78 Å². The second kappa shape index (κ2) is 5.89. The van der Waals surface area contributed by atoms with Crippen LogP contribution in [0.25, 0.3) is 0 Å². The van der Waals surface area contributed by atoms with Crippen LogP contribution >= 0.6 is 11.8 Å². The van der Waals surface area contributed by atoms with Crippen molar-refractivity contribution in [3.63, 3.8) is 0 Å². The lowest BCUT2D eigenvalue weighted by Crippen LogP contribution is -2.41. The van der Waals surface area contributed by atoms with Crippen molar-refractivity contribution >= 4 is 11.8 Å². The second-order valence-corrected chi connectivity index (χ2v) is 6.12. The summed E-state index contributed by atoms with van der Waals surface area (Å²) in [7, 11) is 0. The lowest BCUT2D eigenvalue weighted by molar-refractivity contribution is 0.389. The number of nitriles is 1. The fourth-order valence-electron chi connectivity index (χ4n) is 2.54. The van der Waals surface area contributed by atoms with E-state index in [0.717, 1.165) is 37.5 Å². The quantitative estimate of drug-likeness (QED) is 0.860. The van der Waals surface area contributed by atoms with Crippen LogP contribution in [0, 0.1) is 28.9 Å². The van der Waals surface area contributed by atoms with Crippen molar-refractivity contribution < 1.29 is 8.78 Å². The molecular weight excluding hydrogens is 266 g/mol. The number of benzene rings is 1. The maximum absolute atomic E-state index is 13.0. The molecular formula is C14H16F2N2S. The minimum atomic E-state index is -0.828. The van der Waals surface area contributed by atoms with Gasteiger partial charge in [-0.3, -0.25) is 0 Å². The van der Waals surface area contributed by atoms with E-state index in [-0.39, 0.29) is 5.92 Å². The van der Waals surface area contributed by atoms with Crippen molar-refractivity contribution in [1.82, 2.24) is 0 Å². The summed E-state index contributed by atoms with van der Waals surface area (Å²) in [5.41, 5.74) is 5.35. The molecule has 0 saturated heterocycles. The molecule has 2 nitrogen and oxygen atoms in total. The molecule has 0 radical (unpaired) electrons. The van der Waals surface area contributed by atoms with Crippen molar-refractivity contribution in [2.45, 2.75) is 36.1 Å². The molecule has 0 aliphatic heterocycles. The molecule has 0 heterocycles. The number of nitrogens with zero attached hydrogens (tertiary/aromatic N) is 1. The second-order valence-electron chi connectivity index (χ2n) is 4.95. The molecule has 5 heteroatoms. The zero-order valence-electron chi connectivity index (χ0n) is 10.5. The molecule has 1 saturated carbocycles. The highest BCUT2D eigenvalue weighted by Crippen LogP contribution is 2.37. The van der Waals surface area contributed by atoms with Gasteiger partial charge in [-0.2, -0.15) is 5.26 Å². The minimum Gasteiger partial charge on any atom is -0.313 e. The van der Waals surface area contributed by atoms with E-state index in [1.54, 1.807) is 6.07 Å². The van der Waals surface area contributed by atoms with E-state index in [4.69, 9.17) is 11.0 Å². The van der Waals surface area contributed by atoms with Crippen LogP contribution in [-0.2, 0) is 0 Å². The third-order valence-corrected chi connectivity index (χ3v) is 4.73. The van der Waals surface area contributed by atoms with E-state index >= 15 is 0 Å². The Morgan fingerprint density at radius 1 is 1.42 bits per heavy atom. The highest BCUT2D eigenvalue weighted by molar-refractivity contribution is 7.99. The molecule has 2 unspecified atom stereocenters. The van der Waals surface area contributed by atoms with E-state index in [0.29, 0.717) is 4.90 Å². The van der Waals surface area contributed by atoms with E-state index in [1.165, 1.54) is 17.8 Å². The lowest BCUT2D eigenvalue weighted by Gasteiger charge is -2.23. The average Bonchev–Trinajstić information content (AvgIpc) is 2.76. The highest BCUT2D eigenvalue weighted by Gasteiger charge is 2.39. The van der Waals surface area contributed by atoms with E-state index < -0.39 is 17.2 Å². The van der Waals surface area contributed by atoms with Gasteiger partial charge in [-0.15, -0.1) is 11.8 Å².